The highest BCUT2D eigenvalue weighted by molar-refractivity contribution is 5.81. The second-order valence-corrected chi connectivity index (χ2v) is 4.85. The van der Waals surface area contributed by atoms with Gasteiger partial charge in [0.05, 0.1) is 6.61 Å². The molecule has 0 atom stereocenters. The topological polar surface area (TPSA) is 49.3 Å². The maximum absolute atomic E-state index is 11.9. The lowest BCUT2D eigenvalue weighted by molar-refractivity contribution is -0.129. The summed E-state index contributed by atoms with van der Waals surface area (Å²) in [5.74, 6) is 0.0488. The van der Waals surface area contributed by atoms with Gasteiger partial charge in [0, 0.05) is 12.0 Å². The third-order valence-corrected chi connectivity index (χ3v) is 3.23. The van der Waals surface area contributed by atoms with Crippen molar-refractivity contribution in [3.63, 3.8) is 0 Å². The van der Waals surface area contributed by atoms with Gasteiger partial charge in [-0.1, -0.05) is 45.0 Å². The van der Waals surface area contributed by atoms with E-state index < -0.39 is 0 Å². The van der Waals surface area contributed by atoms with Crippen molar-refractivity contribution in [2.24, 2.45) is 5.41 Å². The van der Waals surface area contributed by atoms with E-state index in [1.165, 1.54) is 0 Å². The van der Waals surface area contributed by atoms with Crippen molar-refractivity contribution in [1.29, 1.82) is 0 Å². The molecule has 94 valence electrons. The maximum Gasteiger partial charge on any atom is 0.225 e. The van der Waals surface area contributed by atoms with E-state index in [1.54, 1.807) is 0 Å². The SMILES string of the molecule is CCC(C)(C)C(=O)NCc1ccccc1CO. The number of amides is 1. The molecule has 3 heteroatoms. The highest BCUT2D eigenvalue weighted by Gasteiger charge is 2.24. The van der Waals surface area contributed by atoms with Gasteiger partial charge in [0.2, 0.25) is 5.91 Å². The van der Waals surface area contributed by atoms with Crippen molar-refractivity contribution < 1.29 is 9.90 Å². The zero-order valence-corrected chi connectivity index (χ0v) is 10.8. The van der Waals surface area contributed by atoms with Gasteiger partial charge in [0.1, 0.15) is 0 Å². The third kappa shape index (κ3) is 3.56. The quantitative estimate of drug-likeness (QED) is 0.822. The second kappa shape index (κ2) is 5.82. The summed E-state index contributed by atoms with van der Waals surface area (Å²) < 4.78 is 0. The molecule has 0 radical (unpaired) electrons. The van der Waals surface area contributed by atoms with E-state index in [4.69, 9.17) is 0 Å². The zero-order valence-electron chi connectivity index (χ0n) is 10.8. The van der Waals surface area contributed by atoms with E-state index in [0.717, 1.165) is 17.5 Å². The Labute approximate surface area is 103 Å². The number of carbonyl (C=O) groups is 1. The molecule has 0 fully saturated rings. The molecule has 1 rings (SSSR count). The monoisotopic (exact) mass is 235 g/mol. The number of carbonyl (C=O) groups excluding carboxylic acids is 1. The number of rotatable bonds is 5. The van der Waals surface area contributed by atoms with E-state index in [9.17, 15) is 9.90 Å². The molecule has 0 aromatic heterocycles. The van der Waals surface area contributed by atoms with Crippen molar-refractivity contribution in [2.45, 2.75) is 40.3 Å². The van der Waals surface area contributed by atoms with Crippen LogP contribution in [0.3, 0.4) is 0 Å². The fourth-order valence-corrected chi connectivity index (χ4v) is 1.46. The Kier molecular flexibility index (Phi) is 4.70. The molecule has 0 saturated heterocycles. The Morgan fingerprint density at radius 1 is 1.29 bits per heavy atom. The number of aliphatic hydroxyl groups is 1. The summed E-state index contributed by atoms with van der Waals surface area (Å²) in [6.45, 7) is 6.34. The highest BCUT2D eigenvalue weighted by atomic mass is 16.3. The predicted molar refractivity (Wildman–Crippen MR) is 68.3 cm³/mol. The summed E-state index contributed by atoms with van der Waals surface area (Å²) >= 11 is 0. The standard InChI is InChI=1S/C14H21NO2/c1-4-14(2,3)13(17)15-9-11-7-5-6-8-12(11)10-16/h5-8,16H,4,9-10H2,1-3H3,(H,15,17). The molecule has 0 aliphatic heterocycles. The van der Waals surface area contributed by atoms with Crippen LogP contribution in [0.25, 0.3) is 0 Å². The molecule has 0 heterocycles. The number of hydrogen-bond donors (Lipinski definition) is 2. The first-order valence-corrected chi connectivity index (χ1v) is 5.97. The first-order chi connectivity index (χ1) is 8.01. The average Bonchev–Trinajstić information content (AvgIpc) is 2.36. The summed E-state index contributed by atoms with van der Waals surface area (Å²) in [7, 11) is 0. The van der Waals surface area contributed by atoms with Crippen LogP contribution in [0.4, 0.5) is 0 Å². The van der Waals surface area contributed by atoms with Crippen LogP contribution in [-0.2, 0) is 17.9 Å². The van der Waals surface area contributed by atoms with Gasteiger partial charge in [-0.3, -0.25) is 4.79 Å². The molecule has 2 N–H and O–H groups in total. The lowest BCUT2D eigenvalue weighted by Gasteiger charge is -2.21. The highest BCUT2D eigenvalue weighted by Crippen LogP contribution is 2.19. The summed E-state index contributed by atoms with van der Waals surface area (Å²) in [5.41, 5.74) is 1.49. The minimum absolute atomic E-state index is 0.00319. The molecule has 1 aromatic rings. The van der Waals surface area contributed by atoms with E-state index in [1.807, 2.05) is 45.0 Å². The summed E-state index contributed by atoms with van der Waals surface area (Å²) in [5, 5.41) is 12.1. The van der Waals surface area contributed by atoms with Gasteiger partial charge < -0.3 is 10.4 Å². The van der Waals surface area contributed by atoms with Gasteiger partial charge in [-0.05, 0) is 17.5 Å². The average molecular weight is 235 g/mol. The van der Waals surface area contributed by atoms with Crippen molar-refractivity contribution in [3.8, 4) is 0 Å². The van der Waals surface area contributed by atoms with E-state index >= 15 is 0 Å². The fraction of sp³-hybridized carbons (Fsp3) is 0.500. The number of aliphatic hydroxyl groups excluding tert-OH is 1. The molecule has 1 amide bonds. The number of nitrogens with one attached hydrogen (secondary N) is 1. The molecular weight excluding hydrogens is 214 g/mol. The molecule has 1 aromatic carbocycles. The van der Waals surface area contributed by atoms with Crippen molar-refractivity contribution in [2.75, 3.05) is 0 Å². The van der Waals surface area contributed by atoms with Crippen LogP contribution in [0.15, 0.2) is 24.3 Å². The van der Waals surface area contributed by atoms with E-state index in [2.05, 4.69) is 5.32 Å². The normalized spacial score (nSPS) is 11.3. The van der Waals surface area contributed by atoms with Crippen LogP contribution in [-0.4, -0.2) is 11.0 Å². The molecular formula is C14H21NO2. The lowest BCUT2D eigenvalue weighted by Crippen LogP contribution is -2.36. The van der Waals surface area contributed by atoms with E-state index in [0.29, 0.717) is 6.54 Å². The smallest absolute Gasteiger partial charge is 0.225 e. The molecule has 0 saturated carbocycles. The molecule has 0 aliphatic carbocycles. The van der Waals surface area contributed by atoms with Gasteiger partial charge in [-0.25, -0.2) is 0 Å². The Balaban J connectivity index is 2.65. The molecule has 0 bridgehead atoms. The van der Waals surface area contributed by atoms with Crippen LogP contribution >= 0.6 is 0 Å². The van der Waals surface area contributed by atoms with Gasteiger partial charge in [-0.15, -0.1) is 0 Å². The minimum Gasteiger partial charge on any atom is -0.392 e. The third-order valence-electron chi connectivity index (χ3n) is 3.23. The molecule has 0 spiro atoms. The van der Waals surface area contributed by atoms with Crippen molar-refractivity contribution >= 4 is 5.91 Å². The molecule has 0 aliphatic rings. The summed E-state index contributed by atoms with van der Waals surface area (Å²) in [6, 6.07) is 7.58. The largest absolute Gasteiger partial charge is 0.392 e. The molecule has 0 unspecified atom stereocenters. The van der Waals surface area contributed by atoms with Gasteiger partial charge in [0.25, 0.3) is 0 Å². The van der Waals surface area contributed by atoms with Crippen molar-refractivity contribution in [1.82, 2.24) is 5.32 Å². The van der Waals surface area contributed by atoms with Gasteiger partial charge in [-0.2, -0.15) is 0 Å². The number of hydrogen-bond acceptors (Lipinski definition) is 2. The lowest BCUT2D eigenvalue weighted by atomic mass is 9.89. The van der Waals surface area contributed by atoms with Crippen LogP contribution in [0.2, 0.25) is 0 Å². The molecule has 3 nitrogen and oxygen atoms in total. The fourth-order valence-electron chi connectivity index (χ4n) is 1.46. The van der Waals surface area contributed by atoms with Crippen LogP contribution < -0.4 is 5.32 Å². The van der Waals surface area contributed by atoms with Crippen LogP contribution in [0.1, 0.15) is 38.3 Å². The molecule has 17 heavy (non-hydrogen) atoms. The van der Waals surface area contributed by atoms with Gasteiger partial charge in [0.15, 0.2) is 0 Å². The maximum atomic E-state index is 11.9. The van der Waals surface area contributed by atoms with E-state index in [-0.39, 0.29) is 17.9 Å². The Hall–Kier alpha value is -1.35. The first kappa shape index (κ1) is 13.7. The Morgan fingerprint density at radius 2 is 1.88 bits per heavy atom. The zero-order chi connectivity index (χ0) is 12.9. The summed E-state index contributed by atoms with van der Waals surface area (Å²) in [4.78, 5) is 11.9. The Morgan fingerprint density at radius 3 is 2.41 bits per heavy atom. The Bertz CT molecular complexity index is 386. The van der Waals surface area contributed by atoms with Crippen molar-refractivity contribution in [3.05, 3.63) is 35.4 Å². The summed E-state index contributed by atoms with van der Waals surface area (Å²) in [6.07, 6.45) is 0.806. The first-order valence-electron chi connectivity index (χ1n) is 5.97. The van der Waals surface area contributed by atoms with Gasteiger partial charge >= 0.3 is 0 Å². The van der Waals surface area contributed by atoms with Crippen LogP contribution in [0.5, 0.6) is 0 Å². The second-order valence-electron chi connectivity index (χ2n) is 4.85. The minimum atomic E-state index is -0.339. The predicted octanol–water partition coefficient (Wildman–Crippen LogP) is 2.23. The number of benzene rings is 1. The van der Waals surface area contributed by atoms with Crippen LogP contribution in [0, 0.1) is 5.41 Å².